The van der Waals surface area contributed by atoms with Crippen molar-refractivity contribution in [1.29, 1.82) is 0 Å². The Morgan fingerprint density at radius 2 is 1.51 bits per heavy atom. The Balaban J connectivity index is 0.000000186. The SMILES string of the molecule is CC(c1ccccc1)c1ccc2c(n1)oc1c[c-]c(-c3cc(CC4CCCC4)ccn3)cc12.Cc1cnc(-c2[c-]cccc2)cc1-c1ccccc1.[Ir]. The fraction of sp³-hybridized carbons (Fsp3) is 0.188. The Hall–Kier alpha value is -5.22. The van der Waals surface area contributed by atoms with Crippen LogP contribution in [0.25, 0.3) is 55.7 Å². The van der Waals surface area contributed by atoms with Gasteiger partial charge in [0.05, 0.1) is 11.3 Å². The van der Waals surface area contributed by atoms with Crippen molar-refractivity contribution >= 4 is 22.1 Å². The molecule has 4 heterocycles. The van der Waals surface area contributed by atoms with E-state index in [2.05, 4.69) is 121 Å². The minimum Gasteiger partial charge on any atom is -0.486 e. The first-order chi connectivity index (χ1) is 25.6. The molecule has 4 aromatic carbocycles. The van der Waals surface area contributed by atoms with Crippen LogP contribution in [0.4, 0.5) is 0 Å². The molecule has 0 saturated heterocycles. The van der Waals surface area contributed by atoms with E-state index >= 15 is 0 Å². The average molecular weight is 868 g/mol. The van der Waals surface area contributed by atoms with Crippen LogP contribution in [0.3, 0.4) is 0 Å². The predicted octanol–water partition coefficient (Wildman–Crippen LogP) is 12.2. The maximum Gasteiger partial charge on any atom is 0.216 e. The van der Waals surface area contributed by atoms with Crippen molar-refractivity contribution in [3.63, 3.8) is 0 Å². The standard InChI is InChI=1S/C30H27N2O.C18H14N.Ir/c1-20(23-9-3-2-4-10-23)27-13-12-25-26-19-24(11-14-29(26)33-30(25)32-27)28-18-22(15-16-31-28)17-21-7-5-6-8-21;1-14-13-19-18(16-10-6-3-7-11-16)12-17(14)15-8-4-2-5-9-15;/h2-4,9-10,12-16,18-21H,5-8,17H2,1H3;2-10,12-13H,1H3;/q2*-1;. The second kappa shape index (κ2) is 16.6. The summed E-state index contributed by atoms with van der Waals surface area (Å²) in [6.07, 6.45) is 10.5. The second-order valence-electron chi connectivity index (χ2n) is 13.9. The van der Waals surface area contributed by atoms with Gasteiger partial charge < -0.3 is 14.4 Å². The Labute approximate surface area is 325 Å². The molecule has 5 heteroatoms. The van der Waals surface area contributed by atoms with E-state index in [9.17, 15) is 0 Å². The molecular formula is C48H41IrN3O-2. The molecule has 0 spiro atoms. The smallest absolute Gasteiger partial charge is 0.216 e. The Bertz CT molecular complexity index is 2420. The third-order valence-electron chi connectivity index (χ3n) is 10.3. The van der Waals surface area contributed by atoms with Gasteiger partial charge in [-0.1, -0.05) is 116 Å². The van der Waals surface area contributed by atoms with Crippen molar-refractivity contribution in [2.24, 2.45) is 5.92 Å². The van der Waals surface area contributed by atoms with Crippen molar-refractivity contribution < 1.29 is 24.5 Å². The summed E-state index contributed by atoms with van der Waals surface area (Å²) in [6.45, 7) is 4.27. The van der Waals surface area contributed by atoms with Gasteiger partial charge in [0.1, 0.15) is 0 Å². The molecule has 1 unspecified atom stereocenters. The van der Waals surface area contributed by atoms with Crippen LogP contribution < -0.4 is 0 Å². The molecule has 4 nitrogen and oxygen atoms in total. The van der Waals surface area contributed by atoms with Gasteiger partial charge in [-0.15, -0.1) is 59.7 Å². The molecular weight excluding hydrogens is 827 g/mol. The van der Waals surface area contributed by atoms with Crippen LogP contribution in [0.2, 0.25) is 0 Å². The molecule has 1 aliphatic rings. The quantitative estimate of drug-likeness (QED) is 0.150. The van der Waals surface area contributed by atoms with Crippen molar-refractivity contribution in [3.05, 3.63) is 174 Å². The van der Waals surface area contributed by atoms with E-state index in [0.29, 0.717) is 5.71 Å². The van der Waals surface area contributed by atoms with Gasteiger partial charge in [-0.25, -0.2) is 4.98 Å². The molecule has 1 saturated carbocycles. The van der Waals surface area contributed by atoms with Crippen LogP contribution in [0.5, 0.6) is 0 Å². The van der Waals surface area contributed by atoms with E-state index in [0.717, 1.165) is 56.9 Å². The van der Waals surface area contributed by atoms with Crippen LogP contribution in [-0.4, -0.2) is 15.0 Å². The number of nitrogens with zero attached hydrogens (tertiary/aromatic N) is 3. The zero-order valence-electron chi connectivity index (χ0n) is 30.1. The van der Waals surface area contributed by atoms with Crippen molar-refractivity contribution in [1.82, 2.24) is 15.0 Å². The second-order valence-corrected chi connectivity index (χ2v) is 13.9. The third kappa shape index (κ3) is 8.23. The minimum absolute atomic E-state index is 0. The van der Waals surface area contributed by atoms with Crippen LogP contribution in [0.15, 0.2) is 144 Å². The predicted molar refractivity (Wildman–Crippen MR) is 212 cm³/mol. The fourth-order valence-corrected chi connectivity index (χ4v) is 7.37. The van der Waals surface area contributed by atoms with Gasteiger partial charge in [0, 0.05) is 43.8 Å². The van der Waals surface area contributed by atoms with Gasteiger partial charge >= 0.3 is 0 Å². The Morgan fingerprint density at radius 3 is 2.28 bits per heavy atom. The van der Waals surface area contributed by atoms with E-state index in [1.807, 2.05) is 54.9 Å². The summed E-state index contributed by atoms with van der Waals surface area (Å²) >= 11 is 0. The van der Waals surface area contributed by atoms with Gasteiger partial charge in [0.2, 0.25) is 5.71 Å². The summed E-state index contributed by atoms with van der Waals surface area (Å²) in [5.74, 6) is 1.03. The number of hydrogen-bond donors (Lipinski definition) is 0. The summed E-state index contributed by atoms with van der Waals surface area (Å²) in [7, 11) is 0. The van der Waals surface area contributed by atoms with E-state index in [-0.39, 0.29) is 26.0 Å². The first-order valence-corrected chi connectivity index (χ1v) is 18.3. The Morgan fingerprint density at radius 1 is 0.755 bits per heavy atom. The molecule has 1 atom stereocenters. The molecule has 265 valence electrons. The van der Waals surface area contributed by atoms with Gasteiger partial charge in [0.25, 0.3) is 0 Å². The maximum absolute atomic E-state index is 6.12. The molecule has 8 aromatic rings. The molecule has 0 bridgehead atoms. The van der Waals surface area contributed by atoms with Crippen LogP contribution in [-0.2, 0) is 26.5 Å². The van der Waals surface area contributed by atoms with Gasteiger partial charge in [-0.2, -0.15) is 0 Å². The van der Waals surface area contributed by atoms with Gasteiger partial charge in [-0.05, 0) is 71.1 Å². The van der Waals surface area contributed by atoms with Crippen molar-refractivity contribution in [2.45, 2.75) is 51.9 Å². The van der Waals surface area contributed by atoms with Crippen molar-refractivity contribution in [2.75, 3.05) is 0 Å². The number of aryl methyl sites for hydroxylation is 1. The van der Waals surface area contributed by atoms with E-state index in [1.165, 1.54) is 53.5 Å². The fourth-order valence-electron chi connectivity index (χ4n) is 7.37. The van der Waals surface area contributed by atoms with Crippen LogP contribution in [0, 0.1) is 25.0 Å². The van der Waals surface area contributed by atoms with Gasteiger partial charge in [-0.3, -0.25) is 0 Å². The molecule has 4 aromatic heterocycles. The number of hydrogen-bond acceptors (Lipinski definition) is 4. The molecule has 1 aliphatic carbocycles. The van der Waals surface area contributed by atoms with E-state index in [1.54, 1.807) is 0 Å². The normalized spacial score (nSPS) is 13.3. The molecule has 1 fully saturated rings. The number of fused-ring (bicyclic) bond motifs is 3. The van der Waals surface area contributed by atoms with E-state index in [4.69, 9.17) is 9.40 Å². The molecule has 0 N–H and O–H groups in total. The number of benzene rings is 4. The molecule has 0 amide bonds. The summed E-state index contributed by atoms with van der Waals surface area (Å²) < 4.78 is 6.12. The molecule has 9 rings (SSSR count). The number of furan rings is 1. The third-order valence-corrected chi connectivity index (χ3v) is 10.3. The summed E-state index contributed by atoms with van der Waals surface area (Å²) in [5, 5.41) is 2.10. The zero-order chi connectivity index (χ0) is 35.3. The number of pyridine rings is 3. The number of aromatic nitrogens is 3. The summed E-state index contributed by atoms with van der Waals surface area (Å²) in [6, 6.07) is 50.3. The maximum atomic E-state index is 6.12. The van der Waals surface area contributed by atoms with Crippen LogP contribution in [0.1, 0.15) is 60.9 Å². The largest absolute Gasteiger partial charge is 0.486 e. The monoisotopic (exact) mass is 868 g/mol. The van der Waals surface area contributed by atoms with E-state index < -0.39 is 0 Å². The number of rotatable bonds is 7. The molecule has 1 radical (unpaired) electrons. The van der Waals surface area contributed by atoms with Gasteiger partial charge in [0.15, 0.2) is 0 Å². The average Bonchev–Trinajstić information content (AvgIpc) is 3.86. The molecule has 0 aliphatic heterocycles. The molecule has 53 heavy (non-hydrogen) atoms. The van der Waals surface area contributed by atoms with Crippen LogP contribution >= 0.6 is 0 Å². The first-order valence-electron chi connectivity index (χ1n) is 18.3. The Kier molecular flexibility index (Phi) is 11.3. The topological polar surface area (TPSA) is 51.8 Å². The minimum atomic E-state index is 0. The first kappa shape index (κ1) is 36.2. The van der Waals surface area contributed by atoms with Crippen molar-refractivity contribution in [3.8, 4) is 33.6 Å². The summed E-state index contributed by atoms with van der Waals surface area (Å²) in [4.78, 5) is 14.0. The zero-order valence-corrected chi connectivity index (χ0v) is 32.4. The summed E-state index contributed by atoms with van der Waals surface area (Å²) in [5.41, 5.74) is 12.7.